The molecule has 1 heterocycles. The third-order valence-corrected chi connectivity index (χ3v) is 2.42. The Morgan fingerprint density at radius 1 is 1.19 bits per heavy atom. The minimum absolute atomic E-state index is 0.238. The molecule has 4 nitrogen and oxygen atoms in total. The molecule has 0 aliphatic carbocycles. The summed E-state index contributed by atoms with van der Waals surface area (Å²) in [6, 6.07) is 9.37. The van der Waals surface area contributed by atoms with Crippen molar-refractivity contribution in [1.29, 1.82) is 5.41 Å². The van der Waals surface area contributed by atoms with E-state index in [-0.39, 0.29) is 5.62 Å². The number of rotatable bonds is 1. The number of aryl methyl sites for hydroxylation is 2. The average molecular weight is 214 g/mol. The number of hydrogen-bond donors (Lipinski definition) is 2. The number of nitrogens with one attached hydrogen (secondary N) is 1. The summed E-state index contributed by atoms with van der Waals surface area (Å²) in [5.41, 5.74) is 9.34. The maximum Gasteiger partial charge on any atom is 0.226 e. The molecular formula is C12H14N4. The van der Waals surface area contributed by atoms with Crippen LogP contribution >= 0.6 is 0 Å². The van der Waals surface area contributed by atoms with Crippen LogP contribution in [-0.4, -0.2) is 9.55 Å². The maximum absolute atomic E-state index is 7.86. The van der Waals surface area contributed by atoms with Gasteiger partial charge in [0.15, 0.2) is 0 Å². The number of nitrogen functional groups attached to an aromatic ring is 1. The molecular weight excluding hydrogens is 200 g/mol. The maximum atomic E-state index is 7.86. The van der Waals surface area contributed by atoms with Crippen LogP contribution in [0.4, 0.5) is 5.69 Å². The molecule has 0 unspecified atom stereocenters. The van der Waals surface area contributed by atoms with Gasteiger partial charge in [-0.05, 0) is 44.2 Å². The molecule has 0 saturated heterocycles. The Labute approximate surface area is 93.9 Å². The summed E-state index contributed by atoms with van der Waals surface area (Å²) in [5.74, 6) is 0. The Morgan fingerprint density at radius 3 is 2.38 bits per heavy atom. The second-order valence-electron chi connectivity index (χ2n) is 3.79. The molecule has 82 valence electrons. The van der Waals surface area contributed by atoms with E-state index >= 15 is 0 Å². The Morgan fingerprint density at radius 2 is 1.81 bits per heavy atom. The van der Waals surface area contributed by atoms with Crippen molar-refractivity contribution in [2.24, 2.45) is 0 Å². The lowest BCUT2D eigenvalue weighted by molar-refractivity contribution is 0.802. The van der Waals surface area contributed by atoms with Gasteiger partial charge in [0.2, 0.25) is 5.62 Å². The third-order valence-electron chi connectivity index (χ3n) is 2.42. The van der Waals surface area contributed by atoms with Crippen LogP contribution in [0.1, 0.15) is 11.4 Å². The lowest BCUT2D eigenvalue weighted by Gasteiger charge is -2.11. The number of nitrogens with zero attached hydrogens (tertiary/aromatic N) is 2. The predicted molar refractivity (Wildman–Crippen MR) is 63.3 cm³/mol. The fourth-order valence-electron chi connectivity index (χ4n) is 1.73. The molecule has 0 saturated carbocycles. The van der Waals surface area contributed by atoms with Crippen LogP contribution in [0.5, 0.6) is 0 Å². The van der Waals surface area contributed by atoms with Gasteiger partial charge in [0.05, 0.1) is 0 Å². The SMILES string of the molecule is Cc1cc(C)n(-c2ccc(N)cc2)c(=N)n1. The van der Waals surface area contributed by atoms with Crippen molar-refractivity contribution >= 4 is 5.69 Å². The third kappa shape index (κ3) is 1.82. The topological polar surface area (TPSA) is 67.7 Å². The van der Waals surface area contributed by atoms with Crippen molar-refractivity contribution in [1.82, 2.24) is 9.55 Å². The van der Waals surface area contributed by atoms with E-state index in [0.717, 1.165) is 17.1 Å². The summed E-state index contributed by atoms with van der Waals surface area (Å²) in [4.78, 5) is 4.13. The first-order chi connectivity index (χ1) is 7.58. The minimum Gasteiger partial charge on any atom is -0.399 e. The lowest BCUT2D eigenvalue weighted by atomic mass is 10.2. The highest BCUT2D eigenvalue weighted by molar-refractivity contribution is 5.45. The van der Waals surface area contributed by atoms with Crippen molar-refractivity contribution in [2.45, 2.75) is 13.8 Å². The summed E-state index contributed by atoms with van der Waals surface area (Å²) in [6.07, 6.45) is 0. The smallest absolute Gasteiger partial charge is 0.226 e. The number of aromatic nitrogens is 2. The van der Waals surface area contributed by atoms with Crippen molar-refractivity contribution in [3.8, 4) is 5.69 Å². The fraction of sp³-hybridized carbons (Fsp3) is 0.167. The van der Waals surface area contributed by atoms with Crippen LogP contribution in [0, 0.1) is 19.3 Å². The summed E-state index contributed by atoms with van der Waals surface area (Å²) in [7, 11) is 0. The molecule has 16 heavy (non-hydrogen) atoms. The molecule has 0 radical (unpaired) electrons. The first-order valence-corrected chi connectivity index (χ1v) is 5.06. The highest BCUT2D eigenvalue weighted by Gasteiger charge is 2.02. The van der Waals surface area contributed by atoms with Crippen LogP contribution in [0.15, 0.2) is 30.3 Å². The van der Waals surface area contributed by atoms with E-state index < -0.39 is 0 Å². The van der Waals surface area contributed by atoms with Gasteiger partial charge in [0.25, 0.3) is 0 Å². The zero-order chi connectivity index (χ0) is 11.7. The first kappa shape index (κ1) is 10.4. The predicted octanol–water partition coefficient (Wildman–Crippen LogP) is 1.55. The molecule has 0 spiro atoms. The minimum atomic E-state index is 0.238. The van der Waals surface area contributed by atoms with E-state index in [1.54, 1.807) is 4.57 Å². The molecule has 4 heteroatoms. The zero-order valence-electron chi connectivity index (χ0n) is 9.36. The van der Waals surface area contributed by atoms with Gasteiger partial charge in [0, 0.05) is 22.8 Å². The van der Waals surface area contributed by atoms with Crippen molar-refractivity contribution in [3.05, 3.63) is 47.3 Å². The normalized spacial score (nSPS) is 10.4. The summed E-state index contributed by atoms with van der Waals surface area (Å²) in [6.45, 7) is 3.85. The van der Waals surface area contributed by atoms with Gasteiger partial charge in [-0.25, -0.2) is 4.98 Å². The average Bonchev–Trinajstić information content (AvgIpc) is 2.19. The molecule has 0 fully saturated rings. The molecule has 0 aliphatic rings. The standard InChI is InChI=1S/C12H14N4/c1-8-7-9(2)16(12(14)15-8)11-5-3-10(13)4-6-11/h3-7,14H,13H2,1-2H3. The Kier molecular flexibility index (Phi) is 2.48. The number of nitrogens with two attached hydrogens (primary N) is 1. The zero-order valence-corrected chi connectivity index (χ0v) is 9.36. The van der Waals surface area contributed by atoms with Crippen LogP contribution < -0.4 is 11.4 Å². The second-order valence-corrected chi connectivity index (χ2v) is 3.79. The van der Waals surface area contributed by atoms with Gasteiger partial charge < -0.3 is 5.73 Å². The van der Waals surface area contributed by atoms with E-state index in [1.165, 1.54) is 0 Å². The number of anilines is 1. The molecule has 2 aromatic rings. The molecule has 0 amide bonds. The fourth-order valence-corrected chi connectivity index (χ4v) is 1.73. The Bertz CT molecular complexity index is 567. The van der Waals surface area contributed by atoms with Crippen LogP contribution in [0.25, 0.3) is 5.69 Å². The summed E-state index contributed by atoms with van der Waals surface area (Å²) >= 11 is 0. The van der Waals surface area contributed by atoms with Crippen LogP contribution in [0.3, 0.4) is 0 Å². The molecule has 0 atom stereocenters. The molecule has 2 rings (SSSR count). The van der Waals surface area contributed by atoms with E-state index in [4.69, 9.17) is 11.1 Å². The Hall–Kier alpha value is -2.10. The molecule has 0 aliphatic heterocycles. The van der Waals surface area contributed by atoms with Crippen molar-refractivity contribution < 1.29 is 0 Å². The van der Waals surface area contributed by atoms with E-state index in [1.807, 2.05) is 44.2 Å². The van der Waals surface area contributed by atoms with Gasteiger partial charge in [-0.3, -0.25) is 9.98 Å². The highest BCUT2D eigenvalue weighted by Crippen LogP contribution is 2.11. The van der Waals surface area contributed by atoms with Crippen molar-refractivity contribution in [3.63, 3.8) is 0 Å². The monoisotopic (exact) mass is 214 g/mol. The van der Waals surface area contributed by atoms with E-state index in [2.05, 4.69) is 4.98 Å². The summed E-state index contributed by atoms with van der Waals surface area (Å²) < 4.78 is 1.78. The number of benzene rings is 1. The first-order valence-electron chi connectivity index (χ1n) is 5.06. The second kappa shape index (κ2) is 3.81. The van der Waals surface area contributed by atoms with Gasteiger partial charge >= 0.3 is 0 Å². The van der Waals surface area contributed by atoms with E-state index in [0.29, 0.717) is 5.69 Å². The molecule has 1 aromatic heterocycles. The summed E-state index contributed by atoms with van der Waals surface area (Å²) in [5, 5.41) is 7.86. The van der Waals surface area contributed by atoms with Gasteiger partial charge in [-0.2, -0.15) is 0 Å². The van der Waals surface area contributed by atoms with Gasteiger partial charge in [-0.15, -0.1) is 0 Å². The van der Waals surface area contributed by atoms with Crippen LogP contribution in [0.2, 0.25) is 0 Å². The molecule has 3 N–H and O–H groups in total. The highest BCUT2D eigenvalue weighted by atomic mass is 15.1. The molecule has 0 bridgehead atoms. The van der Waals surface area contributed by atoms with Crippen molar-refractivity contribution in [2.75, 3.05) is 5.73 Å². The molecule has 1 aromatic carbocycles. The van der Waals surface area contributed by atoms with E-state index in [9.17, 15) is 0 Å². The van der Waals surface area contributed by atoms with Gasteiger partial charge in [0.1, 0.15) is 0 Å². The lowest BCUT2D eigenvalue weighted by Crippen LogP contribution is -2.24. The quantitative estimate of drug-likeness (QED) is 0.707. The Balaban J connectivity index is 2.65. The largest absolute Gasteiger partial charge is 0.399 e. The van der Waals surface area contributed by atoms with Gasteiger partial charge in [-0.1, -0.05) is 0 Å². The van der Waals surface area contributed by atoms with Crippen LogP contribution in [-0.2, 0) is 0 Å². The number of hydrogen-bond acceptors (Lipinski definition) is 3.